The van der Waals surface area contributed by atoms with E-state index < -0.39 is 0 Å². The van der Waals surface area contributed by atoms with E-state index >= 15 is 0 Å². The third kappa shape index (κ3) is 46.5. The van der Waals surface area contributed by atoms with Crippen molar-refractivity contribution in [3.05, 3.63) is 0 Å². The van der Waals surface area contributed by atoms with Gasteiger partial charge in [-0.15, -0.1) is 0 Å². The second-order valence-electron chi connectivity index (χ2n) is 30.4. The SMILES string of the molecule is CC(C)CCCCN1CCCCC1(C)C.CC(C)OCCCN1CCC(C(C)(C)C)CC1.CC(C)OCCN1CC(C)OC(C)C1.CC(C)OCCN1CCCCC1.CC(C)OCCN1C[C@@H](C)O[C@@H](C)C1.CC1CCN(CCCOC(C)C)CC1. The summed E-state index contributed by atoms with van der Waals surface area (Å²) in [5.41, 5.74) is 0.961. The Bertz CT molecular complexity index is 1450. The van der Waals surface area contributed by atoms with Crippen molar-refractivity contribution in [3.8, 4) is 0 Å². The number of ether oxygens (including phenoxy) is 7. The van der Waals surface area contributed by atoms with Crippen molar-refractivity contribution in [2.24, 2.45) is 23.2 Å². The van der Waals surface area contributed by atoms with Crippen molar-refractivity contribution in [1.29, 1.82) is 0 Å². The fraction of sp³-hybridized carbons (Fsp3) is 1.00. The third-order valence-electron chi connectivity index (χ3n) is 17.6. The van der Waals surface area contributed by atoms with Crippen LogP contribution >= 0.6 is 0 Å². The first kappa shape index (κ1) is 83.5. The molecule has 6 aliphatic heterocycles. The Morgan fingerprint density at radius 3 is 1.13 bits per heavy atom. The Morgan fingerprint density at radius 2 is 0.756 bits per heavy atom. The van der Waals surface area contributed by atoms with Gasteiger partial charge in [-0.2, -0.15) is 0 Å². The Labute approximate surface area is 536 Å². The van der Waals surface area contributed by atoms with Crippen molar-refractivity contribution in [3.63, 3.8) is 0 Å². The van der Waals surface area contributed by atoms with Gasteiger partial charge in [0, 0.05) is 77.7 Å². The predicted octanol–water partition coefficient (Wildman–Crippen LogP) is 15.1. The molecule has 6 heterocycles. The van der Waals surface area contributed by atoms with E-state index in [0.717, 1.165) is 96.6 Å². The van der Waals surface area contributed by atoms with Crippen LogP contribution in [0.1, 0.15) is 249 Å². The van der Waals surface area contributed by atoms with Crippen LogP contribution in [-0.2, 0) is 33.2 Å². The maximum atomic E-state index is 5.66. The lowest BCUT2D eigenvalue weighted by molar-refractivity contribution is -0.0751. The highest BCUT2D eigenvalue weighted by Gasteiger charge is 2.30. The lowest BCUT2D eigenvalue weighted by atomic mass is 9.75. The van der Waals surface area contributed by atoms with Gasteiger partial charge in [0.1, 0.15) is 0 Å². The molecule has 13 nitrogen and oxygen atoms in total. The summed E-state index contributed by atoms with van der Waals surface area (Å²) in [6, 6.07) is 0. The number of morpholine rings is 2. The molecule has 0 aromatic rings. The number of piperidine rings is 4. The van der Waals surface area contributed by atoms with Gasteiger partial charge in [0.15, 0.2) is 0 Å². The molecule has 0 aromatic heterocycles. The summed E-state index contributed by atoms with van der Waals surface area (Å²) in [7, 11) is 0. The first-order valence-corrected chi connectivity index (χ1v) is 36.3. The Balaban J connectivity index is 0.000000517. The van der Waals surface area contributed by atoms with Crippen molar-refractivity contribution in [2.75, 3.05) is 144 Å². The fourth-order valence-electron chi connectivity index (χ4n) is 12.5. The number of hydrogen-bond acceptors (Lipinski definition) is 13. The van der Waals surface area contributed by atoms with Crippen molar-refractivity contribution < 1.29 is 33.2 Å². The maximum absolute atomic E-state index is 5.66. The summed E-state index contributed by atoms with van der Waals surface area (Å²) >= 11 is 0. The summed E-state index contributed by atoms with van der Waals surface area (Å²) in [5, 5.41) is 0. The van der Waals surface area contributed by atoms with Crippen molar-refractivity contribution in [2.45, 2.75) is 309 Å². The monoisotopic (exact) mass is 1230 g/mol. The molecule has 86 heavy (non-hydrogen) atoms. The highest BCUT2D eigenvalue weighted by Crippen LogP contribution is 2.34. The van der Waals surface area contributed by atoms with Gasteiger partial charge >= 0.3 is 0 Å². The molecule has 13 heteroatoms. The summed E-state index contributed by atoms with van der Waals surface area (Å²) < 4.78 is 39.0. The summed E-state index contributed by atoms with van der Waals surface area (Å²) in [5.74, 6) is 2.73. The fourth-order valence-corrected chi connectivity index (χ4v) is 12.5. The summed E-state index contributed by atoms with van der Waals surface area (Å²) in [4.78, 5) is 15.2. The van der Waals surface area contributed by atoms with E-state index in [2.05, 4.69) is 182 Å². The van der Waals surface area contributed by atoms with Gasteiger partial charge in [0.05, 0.1) is 74.8 Å². The predicted molar refractivity (Wildman–Crippen MR) is 370 cm³/mol. The third-order valence-corrected chi connectivity index (χ3v) is 17.6. The molecular weight excluding hydrogens is 1070 g/mol. The van der Waals surface area contributed by atoms with E-state index in [1.54, 1.807) is 0 Å². The zero-order chi connectivity index (χ0) is 64.5. The van der Waals surface area contributed by atoms with Gasteiger partial charge in [0.25, 0.3) is 0 Å². The van der Waals surface area contributed by atoms with Crippen LogP contribution in [0.4, 0.5) is 0 Å². The smallest absolute Gasteiger partial charge is 0.0678 e. The number of hydrogen-bond donors (Lipinski definition) is 0. The zero-order valence-corrected chi connectivity index (χ0v) is 61.6. The second kappa shape index (κ2) is 49.1. The van der Waals surface area contributed by atoms with Crippen LogP contribution in [0.3, 0.4) is 0 Å². The van der Waals surface area contributed by atoms with Crippen LogP contribution in [0.25, 0.3) is 0 Å². The molecule has 0 radical (unpaired) electrons. The Kier molecular flexibility index (Phi) is 47.7. The molecule has 4 atom stereocenters. The van der Waals surface area contributed by atoms with Gasteiger partial charge in [0.2, 0.25) is 0 Å². The molecule has 6 rings (SSSR count). The van der Waals surface area contributed by atoms with Crippen LogP contribution in [0, 0.1) is 23.2 Å². The molecule has 0 aromatic carbocycles. The standard InChI is InChI=1S/C15H31NO.C14H29N.C12H25NO.2C11H23NO2.C10H21NO/c1-13(2)17-12-6-9-16-10-7-14(8-11-16)15(3,4)5;1-13(2)9-5-7-11-15-12-8-6-10-14(15,3)4;1-11(2)14-10-4-7-13-8-5-12(3)6-9-13;2*1-9(2)13-6-5-12-7-10(3)14-11(4)8-12;1-10(2)12-9-8-11-6-4-3-5-7-11/h13-14H,6-12H2,1-5H3;13H,5-12H2,1-4H3;11-12H,4-10H2,1-3H3;2*9-11H,5-8H2,1-4H3;10H,3-9H2,1-2H3/t;;;10-,11+;;. The number of likely N-dealkylation sites (tertiary alicyclic amines) is 4. The van der Waals surface area contributed by atoms with E-state index in [0.29, 0.717) is 65.9 Å². The molecule has 2 unspecified atom stereocenters. The lowest BCUT2D eigenvalue weighted by Gasteiger charge is -2.42. The molecule has 6 fully saturated rings. The van der Waals surface area contributed by atoms with Gasteiger partial charge in [-0.1, -0.05) is 67.2 Å². The molecule has 6 aliphatic rings. The van der Waals surface area contributed by atoms with Crippen molar-refractivity contribution in [1.82, 2.24) is 29.4 Å². The van der Waals surface area contributed by atoms with E-state index in [1.807, 2.05) is 0 Å². The van der Waals surface area contributed by atoms with Crippen LogP contribution in [0.5, 0.6) is 0 Å². The largest absolute Gasteiger partial charge is 0.379 e. The number of nitrogens with zero attached hydrogens (tertiary/aromatic N) is 6. The highest BCUT2D eigenvalue weighted by atomic mass is 16.5. The highest BCUT2D eigenvalue weighted by molar-refractivity contribution is 4.85. The Hall–Kier alpha value is -0.520. The maximum Gasteiger partial charge on any atom is 0.0678 e. The molecular formula is C73H152N6O7. The average molecular weight is 1230 g/mol. The summed E-state index contributed by atoms with van der Waals surface area (Å²) in [6.07, 6.45) is 23.7. The second-order valence-corrected chi connectivity index (χ2v) is 30.4. The number of unbranched alkanes of at least 4 members (excludes halogenated alkanes) is 1. The Morgan fingerprint density at radius 1 is 0.395 bits per heavy atom. The molecule has 0 bridgehead atoms. The normalized spacial score (nSPS) is 23.7. The van der Waals surface area contributed by atoms with Gasteiger partial charge in [-0.05, 0) is 257 Å². The topological polar surface area (TPSA) is 84.0 Å². The van der Waals surface area contributed by atoms with Crippen LogP contribution in [-0.4, -0.2) is 234 Å². The lowest BCUT2D eigenvalue weighted by Crippen LogP contribution is -2.47. The minimum Gasteiger partial charge on any atom is -0.379 e. The van der Waals surface area contributed by atoms with E-state index in [4.69, 9.17) is 33.2 Å². The van der Waals surface area contributed by atoms with E-state index in [-0.39, 0.29) is 0 Å². The van der Waals surface area contributed by atoms with Gasteiger partial charge < -0.3 is 47.9 Å². The zero-order valence-electron chi connectivity index (χ0n) is 61.6. The number of rotatable bonds is 27. The minimum absolute atomic E-state index is 0.339. The van der Waals surface area contributed by atoms with E-state index in [9.17, 15) is 0 Å². The van der Waals surface area contributed by atoms with Crippen LogP contribution in [0.15, 0.2) is 0 Å². The van der Waals surface area contributed by atoms with Crippen molar-refractivity contribution >= 4 is 0 Å². The molecule has 516 valence electrons. The molecule has 0 saturated carbocycles. The average Bonchev–Trinajstić information content (AvgIpc) is 3.29. The van der Waals surface area contributed by atoms with Crippen LogP contribution in [0.2, 0.25) is 0 Å². The first-order chi connectivity index (χ1) is 40.5. The molecule has 0 N–H and O–H groups in total. The summed E-state index contributed by atoms with van der Waals surface area (Å²) in [6.45, 7) is 72.9. The van der Waals surface area contributed by atoms with Gasteiger partial charge in [-0.3, -0.25) is 14.7 Å². The minimum atomic E-state index is 0.339. The molecule has 0 aliphatic carbocycles. The molecule has 0 spiro atoms. The molecule has 6 saturated heterocycles. The molecule has 0 amide bonds. The quantitative estimate of drug-likeness (QED) is 0.0733. The van der Waals surface area contributed by atoms with Crippen LogP contribution < -0.4 is 0 Å². The van der Waals surface area contributed by atoms with E-state index in [1.165, 1.54) is 162 Å². The first-order valence-electron chi connectivity index (χ1n) is 36.3. The van der Waals surface area contributed by atoms with Gasteiger partial charge in [-0.25, -0.2) is 0 Å².